The van der Waals surface area contributed by atoms with Crippen LogP contribution in [0.3, 0.4) is 0 Å². The molecular formula is C19H19ClN6O3S2. The minimum atomic E-state index is -3.78. The lowest BCUT2D eigenvalue weighted by atomic mass is 10.2. The third-order valence-electron chi connectivity index (χ3n) is 4.78. The number of benzene rings is 2. The number of nitrogens with two attached hydrogens (primary N) is 1. The number of aromatic nitrogens is 2. The zero-order valence-electron chi connectivity index (χ0n) is 16.2. The van der Waals surface area contributed by atoms with Crippen LogP contribution in [0, 0.1) is 0 Å². The van der Waals surface area contributed by atoms with Gasteiger partial charge >= 0.3 is 0 Å². The molecule has 0 spiro atoms. The van der Waals surface area contributed by atoms with Gasteiger partial charge in [-0.3, -0.25) is 9.52 Å². The highest BCUT2D eigenvalue weighted by Gasteiger charge is 2.24. The van der Waals surface area contributed by atoms with E-state index >= 15 is 0 Å². The number of sulfonamides is 1. The number of amides is 1. The number of piperazine rings is 1. The van der Waals surface area contributed by atoms with Crippen LogP contribution in [0.4, 0.5) is 16.8 Å². The molecule has 1 aliphatic heterocycles. The molecule has 0 saturated carbocycles. The fourth-order valence-corrected chi connectivity index (χ4v) is 4.98. The second-order valence-corrected chi connectivity index (χ2v) is 9.70. The first-order valence-corrected chi connectivity index (χ1v) is 12.0. The number of nitrogens with one attached hydrogen (secondary N) is 1. The molecule has 3 aromatic rings. The molecule has 1 fully saturated rings. The molecule has 0 radical (unpaired) electrons. The van der Waals surface area contributed by atoms with E-state index in [-0.39, 0.29) is 16.8 Å². The number of carbonyl (C=O) groups is 1. The Kier molecular flexibility index (Phi) is 5.99. The minimum Gasteiger partial charge on any atom is -0.367 e. The summed E-state index contributed by atoms with van der Waals surface area (Å²) >= 11 is 7.06. The van der Waals surface area contributed by atoms with E-state index in [0.29, 0.717) is 42.5 Å². The van der Waals surface area contributed by atoms with Gasteiger partial charge in [0.1, 0.15) is 0 Å². The lowest BCUT2D eigenvalue weighted by molar-refractivity contribution is 0.0746. The monoisotopic (exact) mass is 478 g/mol. The molecule has 2 aromatic carbocycles. The van der Waals surface area contributed by atoms with Gasteiger partial charge in [0.2, 0.25) is 11.1 Å². The van der Waals surface area contributed by atoms with Crippen molar-refractivity contribution in [2.24, 2.45) is 0 Å². The van der Waals surface area contributed by atoms with Gasteiger partial charge in [0.15, 0.2) is 0 Å². The number of halogens is 1. The summed E-state index contributed by atoms with van der Waals surface area (Å²) in [6.45, 7) is 2.29. The van der Waals surface area contributed by atoms with E-state index in [1.807, 2.05) is 4.90 Å². The number of hydrogen-bond donors (Lipinski definition) is 2. The number of rotatable bonds is 5. The second kappa shape index (κ2) is 8.69. The molecule has 9 nitrogen and oxygen atoms in total. The fourth-order valence-electron chi connectivity index (χ4n) is 3.15. The van der Waals surface area contributed by atoms with Crippen LogP contribution in [0.5, 0.6) is 0 Å². The van der Waals surface area contributed by atoms with Crippen molar-refractivity contribution in [2.45, 2.75) is 4.90 Å². The minimum absolute atomic E-state index is 0.0673. The average Bonchev–Trinajstić information content (AvgIpc) is 3.21. The number of nitrogen functional groups attached to an aromatic ring is 1. The van der Waals surface area contributed by atoms with Crippen molar-refractivity contribution >= 4 is 55.8 Å². The van der Waals surface area contributed by atoms with E-state index in [1.165, 1.54) is 35.8 Å². The number of carbonyl (C=O) groups excluding carboxylic acids is 1. The Morgan fingerprint density at radius 3 is 2.26 bits per heavy atom. The molecule has 0 unspecified atom stereocenters. The molecule has 31 heavy (non-hydrogen) atoms. The maximum atomic E-state index is 12.8. The predicted octanol–water partition coefficient (Wildman–Crippen LogP) is 2.54. The van der Waals surface area contributed by atoms with E-state index in [9.17, 15) is 13.2 Å². The fraction of sp³-hybridized carbons (Fsp3) is 0.211. The second-order valence-electron chi connectivity index (χ2n) is 6.85. The maximum Gasteiger partial charge on any atom is 0.261 e. The molecule has 2 heterocycles. The Hall–Kier alpha value is -2.89. The summed E-state index contributed by atoms with van der Waals surface area (Å²) in [6, 6.07) is 12.2. The highest BCUT2D eigenvalue weighted by atomic mass is 35.5. The molecule has 1 saturated heterocycles. The Morgan fingerprint density at radius 2 is 1.68 bits per heavy atom. The molecule has 3 N–H and O–H groups in total. The molecule has 0 aliphatic carbocycles. The van der Waals surface area contributed by atoms with Crippen LogP contribution in [0.25, 0.3) is 0 Å². The molecule has 1 amide bonds. The standard InChI is InChI=1S/C19H19ClN6O3S2/c20-14-3-5-15(6-4-14)24-31(28,29)16-7-1-13(2-8-16)17(27)25-9-11-26(12-10-25)19-22-18(21)23-30-19/h1-8,24H,9-12H2,(H2,21,23). The predicted molar refractivity (Wildman–Crippen MR) is 121 cm³/mol. The van der Waals surface area contributed by atoms with Crippen LogP contribution < -0.4 is 15.4 Å². The molecule has 162 valence electrons. The van der Waals surface area contributed by atoms with Crippen molar-refractivity contribution < 1.29 is 13.2 Å². The van der Waals surface area contributed by atoms with Crippen molar-refractivity contribution in [3.8, 4) is 0 Å². The van der Waals surface area contributed by atoms with Crippen LogP contribution in [0.15, 0.2) is 53.4 Å². The molecular weight excluding hydrogens is 460 g/mol. The van der Waals surface area contributed by atoms with Crippen molar-refractivity contribution in [3.63, 3.8) is 0 Å². The number of anilines is 3. The number of nitrogens with zero attached hydrogens (tertiary/aromatic N) is 4. The van der Waals surface area contributed by atoms with Gasteiger partial charge in [0.05, 0.1) is 4.90 Å². The Balaban J connectivity index is 1.39. The normalized spacial score (nSPS) is 14.5. The summed E-state index contributed by atoms with van der Waals surface area (Å²) in [5, 5.41) is 1.26. The summed E-state index contributed by atoms with van der Waals surface area (Å²) in [5.41, 5.74) is 6.41. The maximum absolute atomic E-state index is 12.8. The van der Waals surface area contributed by atoms with Crippen molar-refractivity contribution in [1.29, 1.82) is 0 Å². The molecule has 0 bridgehead atoms. The van der Waals surface area contributed by atoms with E-state index in [4.69, 9.17) is 17.3 Å². The van der Waals surface area contributed by atoms with Crippen LogP contribution in [-0.2, 0) is 10.0 Å². The third-order valence-corrected chi connectivity index (χ3v) is 7.22. The van der Waals surface area contributed by atoms with Gasteiger partial charge in [-0.15, -0.1) is 0 Å². The molecule has 1 aromatic heterocycles. The van der Waals surface area contributed by atoms with E-state index < -0.39 is 10.0 Å². The quantitative estimate of drug-likeness (QED) is 0.577. The van der Waals surface area contributed by atoms with Gasteiger partial charge in [-0.1, -0.05) is 11.6 Å². The number of hydrogen-bond acceptors (Lipinski definition) is 8. The average molecular weight is 479 g/mol. The topological polar surface area (TPSA) is 122 Å². The van der Waals surface area contributed by atoms with Gasteiger partial charge in [-0.2, -0.15) is 9.36 Å². The Labute approximate surface area is 188 Å². The molecule has 12 heteroatoms. The Bertz CT molecular complexity index is 1170. The van der Waals surface area contributed by atoms with E-state index in [0.717, 1.165) is 5.13 Å². The highest BCUT2D eigenvalue weighted by Crippen LogP contribution is 2.22. The first-order chi connectivity index (χ1) is 14.8. The highest BCUT2D eigenvalue weighted by molar-refractivity contribution is 7.92. The Morgan fingerprint density at radius 1 is 1.03 bits per heavy atom. The zero-order valence-corrected chi connectivity index (χ0v) is 18.6. The van der Waals surface area contributed by atoms with Crippen molar-refractivity contribution in [2.75, 3.05) is 41.5 Å². The van der Waals surface area contributed by atoms with Gasteiger partial charge in [-0.25, -0.2) is 8.42 Å². The molecule has 1 aliphatic rings. The van der Waals surface area contributed by atoms with E-state index in [1.54, 1.807) is 29.2 Å². The zero-order chi connectivity index (χ0) is 22.0. The lowest BCUT2D eigenvalue weighted by Gasteiger charge is -2.34. The summed E-state index contributed by atoms with van der Waals surface area (Å²) in [4.78, 5) is 20.8. The molecule has 0 atom stereocenters. The van der Waals surface area contributed by atoms with Crippen LogP contribution in [0.2, 0.25) is 5.02 Å². The van der Waals surface area contributed by atoms with Crippen LogP contribution in [-0.4, -0.2) is 54.8 Å². The van der Waals surface area contributed by atoms with Gasteiger partial charge in [0.25, 0.3) is 15.9 Å². The van der Waals surface area contributed by atoms with Crippen molar-refractivity contribution in [1.82, 2.24) is 14.3 Å². The summed E-state index contributed by atoms with van der Waals surface area (Å²) < 4.78 is 31.6. The van der Waals surface area contributed by atoms with Crippen LogP contribution in [0.1, 0.15) is 10.4 Å². The largest absolute Gasteiger partial charge is 0.367 e. The third kappa shape index (κ3) is 4.89. The first-order valence-electron chi connectivity index (χ1n) is 9.34. The lowest BCUT2D eigenvalue weighted by Crippen LogP contribution is -2.48. The van der Waals surface area contributed by atoms with Gasteiger partial charge in [-0.05, 0) is 48.5 Å². The van der Waals surface area contributed by atoms with Crippen LogP contribution >= 0.6 is 23.1 Å². The van der Waals surface area contributed by atoms with E-state index in [2.05, 4.69) is 14.1 Å². The van der Waals surface area contributed by atoms with Gasteiger partial charge < -0.3 is 15.5 Å². The summed E-state index contributed by atoms with van der Waals surface area (Å²) in [6.07, 6.45) is 0. The first kappa shape index (κ1) is 21.3. The SMILES string of the molecule is Nc1nsc(N2CCN(C(=O)c3ccc(S(=O)(=O)Nc4ccc(Cl)cc4)cc3)CC2)n1. The molecule has 4 rings (SSSR count). The summed E-state index contributed by atoms with van der Waals surface area (Å²) in [5.74, 6) is 0.102. The van der Waals surface area contributed by atoms with Crippen molar-refractivity contribution in [3.05, 3.63) is 59.1 Å². The van der Waals surface area contributed by atoms with Gasteiger partial charge in [0, 0.05) is 54.0 Å². The smallest absolute Gasteiger partial charge is 0.261 e. The summed E-state index contributed by atoms with van der Waals surface area (Å²) in [7, 11) is -3.78.